The Morgan fingerprint density at radius 2 is 2.00 bits per heavy atom. The lowest BCUT2D eigenvalue weighted by Gasteiger charge is -2.13. The van der Waals surface area contributed by atoms with E-state index in [0.717, 1.165) is 0 Å². The number of sulfonamides is 1. The molecule has 0 unspecified atom stereocenters. The summed E-state index contributed by atoms with van der Waals surface area (Å²) in [5, 5.41) is 0.275. The third kappa shape index (κ3) is 3.88. The van der Waals surface area contributed by atoms with Crippen LogP contribution in [0.15, 0.2) is 44.4 Å². The van der Waals surface area contributed by atoms with Gasteiger partial charge in [-0.25, -0.2) is 13.4 Å². The fraction of sp³-hybridized carbons (Fsp3) is 0.0833. The second kappa shape index (κ2) is 6.51. The standard InChI is InChI=1S/C12H9Br2ClN2O3S/c1-20-12-9(13)4-7(15)5-10(12)21(18,19)17-8-2-3-11(14)16-6-8/h2-6,17H,1H3. The first-order chi connectivity index (χ1) is 9.83. The van der Waals surface area contributed by atoms with Gasteiger partial charge in [-0.15, -0.1) is 0 Å². The van der Waals surface area contributed by atoms with E-state index in [-0.39, 0.29) is 15.7 Å². The van der Waals surface area contributed by atoms with Crippen LogP contribution in [0.1, 0.15) is 0 Å². The van der Waals surface area contributed by atoms with Gasteiger partial charge in [0.25, 0.3) is 10.0 Å². The van der Waals surface area contributed by atoms with Gasteiger partial charge in [0, 0.05) is 5.02 Å². The van der Waals surface area contributed by atoms with Gasteiger partial charge >= 0.3 is 0 Å². The molecule has 0 radical (unpaired) electrons. The molecule has 0 saturated heterocycles. The van der Waals surface area contributed by atoms with Gasteiger partial charge in [-0.05, 0) is 56.1 Å². The number of nitrogens with zero attached hydrogens (tertiary/aromatic N) is 1. The van der Waals surface area contributed by atoms with Crippen molar-refractivity contribution >= 4 is 59.2 Å². The van der Waals surface area contributed by atoms with Gasteiger partial charge in [-0.1, -0.05) is 11.6 Å². The molecule has 1 heterocycles. The van der Waals surface area contributed by atoms with Gasteiger partial charge in [0.05, 0.1) is 23.5 Å². The molecule has 0 saturated carbocycles. The lowest BCUT2D eigenvalue weighted by atomic mass is 10.3. The molecule has 21 heavy (non-hydrogen) atoms. The highest BCUT2D eigenvalue weighted by atomic mass is 79.9. The molecular formula is C12H9Br2ClN2O3S. The molecule has 112 valence electrons. The fourth-order valence-electron chi connectivity index (χ4n) is 1.58. The number of hydrogen-bond donors (Lipinski definition) is 1. The van der Waals surface area contributed by atoms with E-state index in [0.29, 0.717) is 14.8 Å². The zero-order valence-electron chi connectivity index (χ0n) is 10.6. The average molecular weight is 457 g/mol. The van der Waals surface area contributed by atoms with Gasteiger partial charge in [-0.3, -0.25) is 4.72 Å². The maximum Gasteiger partial charge on any atom is 0.265 e. The minimum atomic E-state index is -3.86. The highest BCUT2D eigenvalue weighted by Gasteiger charge is 2.22. The summed E-state index contributed by atoms with van der Waals surface area (Å²) in [4.78, 5) is 3.90. The number of aromatic nitrogens is 1. The molecule has 9 heteroatoms. The van der Waals surface area contributed by atoms with E-state index in [1.807, 2.05) is 0 Å². The van der Waals surface area contributed by atoms with Crippen molar-refractivity contribution in [2.75, 3.05) is 11.8 Å². The summed E-state index contributed by atoms with van der Waals surface area (Å²) in [5.41, 5.74) is 0.330. The summed E-state index contributed by atoms with van der Waals surface area (Å²) < 4.78 is 33.5. The van der Waals surface area contributed by atoms with Crippen molar-refractivity contribution in [1.29, 1.82) is 0 Å². The summed E-state index contributed by atoms with van der Waals surface area (Å²) >= 11 is 12.3. The van der Waals surface area contributed by atoms with Gasteiger partial charge in [-0.2, -0.15) is 0 Å². The monoisotopic (exact) mass is 454 g/mol. The predicted molar refractivity (Wildman–Crippen MR) is 88.4 cm³/mol. The largest absolute Gasteiger partial charge is 0.494 e. The van der Waals surface area contributed by atoms with Crippen LogP contribution in [0.4, 0.5) is 5.69 Å². The second-order valence-corrected chi connectivity index (χ2v) is 7.65. The van der Waals surface area contributed by atoms with Gasteiger partial charge < -0.3 is 4.74 Å². The molecule has 0 atom stereocenters. The van der Waals surface area contributed by atoms with Crippen molar-refractivity contribution in [3.8, 4) is 5.75 Å². The van der Waals surface area contributed by atoms with E-state index in [1.54, 1.807) is 18.2 Å². The molecule has 2 aromatic rings. The number of anilines is 1. The van der Waals surface area contributed by atoms with Crippen LogP contribution in [0.25, 0.3) is 0 Å². The van der Waals surface area contributed by atoms with Crippen LogP contribution in [-0.2, 0) is 10.0 Å². The molecule has 1 aromatic carbocycles. The van der Waals surface area contributed by atoms with Crippen molar-refractivity contribution < 1.29 is 13.2 Å². The van der Waals surface area contributed by atoms with Gasteiger partial charge in [0.2, 0.25) is 0 Å². The number of pyridine rings is 1. The average Bonchev–Trinajstić information content (AvgIpc) is 2.40. The Morgan fingerprint density at radius 1 is 1.29 bits per heavy atom. The predicted octanol–water partition coefficient (Wildman–Crippen LogP) is 4.07. The van der Waals surface area contributed by atoms with E-state index >= 15 is 0 Å². The van der Waals surface area contributed by atoms with Crippen LogP contribution in [-0.4, -0.2) is 20.5 Å². The van der Waals surface area contributed by atoms with E-state index in [9.17, 15) is 8.42 Å². The highest BCUT2D eigenvalue weighted by Crippen LogP contribution is 2.36. The van der Waals surface area contributed by atoms with Crippen LogP contribution in [0, 0.1) is 0 Å². The van der Waals surface area contributed by atoms with Crippen LogP contribution in [0.2, 0.25) is 5.02 Å². The zero-order valence-corrected chi connectivity index (χ0v) is 15.3. The Kier molecular flexibility index (Phi) is 5.13. The van der Waals surface area contributed by atoms with Crippen molar-refractivity contribution in [2.24, 2.45) is 0 Å². The summed E-state index contributed by atoms with van der Waals surface area (Å²) in [6.45, 7) is 0. The number of ether oxygens (including phenoxy) is 1. The normalized spacial score (nSPS) is 11.2. The molecule has 5 nitrogen and oxygen atoms in total. The minimum Gasteiger partial charge on any atom is -0.494 e. The summed E-state index contributed by atoms with van der Waals surface area (Å²) in [6.07, 6.45) is 1.40. The smallest absolute Gasteiger partial charge is 0.265 e. The van der Waals surface area contributed by atoms with Crippen molar-refractivity contribution in [3.05, 3.63) is 44.6 Å². The molecule has 0 bridgehead atoms. The molecule has 0 aliphatic heterocycles. The number of nitrogens with one attached hydrogen (secondary N) is 1. The first-order valence-electron chi connectivity index (χ1n) is 5.51. The summed E-state index contributed by atoms with van der Waals surface area (Å²) in [7, 11) is -2.48. The first kappa shape index (κ1) is 16.5. The Bertz CT molecular complexity index is 767. The molecule has 2 rings (SSSR count). The van der Waals surface area contributed by atoms with Crippen LogP contribution >= 0.6 is 43.5 Å². The van der Waals surface area contributed by atoms with E-state index in [2.05, 4.69) is 41.6 Å². The summed E-state index contributed by atoms with van der Waals surface area (Å²) in [5.74, 6) is 0.178. The lowest BCUT2D eigenvalue weighted by molar-refractivity contribution is 0.400. The molecular weight excluding hydrogens is 447 g/mol. The topological polar surface area (TPSA) is 68.3 Å². The minimum absolute atomic E-state index is 0.0627. The van der Waals surface area contributed by atoms with Crippen molar-refractivity contribution in [3.63, 3.8) is 0 Å². The SMILES string of the molecule is COc1c(Br)cc(Cl)cc1S(=O)(=O)Nc1ccc(Br)nc1. The van der Waals surface area contributed by atoms with E-state index in [1.165, 1.54) is 19.4 Å². The molecule has 0 spiro atoms. The van der Waals surface area contributed by atoms with Crippen LogP contribution in [0.3, 0.4) is 0 Å². The molecule has 0 aliphatic carbocycles. The number of halogens is 3. The fourth-order valence-corrected chi connectivity index (χ4v) is 4.24. The molecule has 0 fully saturated rings. The molecule has 1 aromatic heterocycles. The molecule has 0 amide bonds. The number of hydrogen-bond acceptors (Lipinski definition) is 4. The van der Waals surface area contributed by atoms with Crippen LogP contribution in [0.5, 0.6) is 5.75 Å². The maximum absolute atomic E-state index is 12.5. The number of methoxy groups -OCH3 is 1. The highest BCUT2D eigenvalue weighted by molar-refractivity contribution is 9.10. The quantitative estimate of drug-likeness (QED) is 0.705. The number of rotatable bonds is 4. The van der Waals surface area contributed by atoms with Crippen molar-refractivity contribution in [1.82, 2.24) is 4.98 Å². The Labute approximate surface area is 144 Å². The third-order valence-electron chi connectivity index (χ3n) is 2.45. The Morgan fingerprint density at radius 3 is 2.57 bits per heavy atom. The van der Waals surface area contributed by atoms with Crippen LogP contribution < -0.4 is 9.46 Å². The Balaban J connectivity index is 2.46. The Hall–Kier alpha value is -0.830. The second-order valence-electron chi connectivity index (χ2n) is 3.89. The third-order valence-corrected chi connectivity index (χ3v) is 5.11. The maximum atomic E-state index is 12.5. The summed E-state index contributed by atoms with van der Waals surface area (Å²) in [6, 6.07) is 6.09. The van der Waals surface area contributed by atoms with E-state index in [4.69, 9.17) is 16.3 Å². The van der Waals surface area contributed by atoms with Gasteiger partial charge in [0.1, 0.15) is 9.50 Å². The zero-order chi connectivity index (χ0) is 15.6. The van der Waals surface area contributed by atoms with Crippen molar-refractivity contribution in [2.45, 2.75) is 4.90 Å². The van der Waals surface area contributed by atoms with E-state index < -0.39 is 10.0 Å². The first-order valence-corrected chi connectivity index (χ1v) is 8.95. The lowest BCUT2D eigenvalue weighted by Crippen LogP contribution is -2.14. The molecule has 0 aliphatic rings. The van der Waals surface area contributed by atoms with Gasteiger partial charge in [0.15, 0.2) is 5.75 Å². The number of benzene rings is 1. The molecule has 1 N–H and O–H groups in total.